The molecule has 0 aliphatic rings. The van der Waals surface area contributed by atoms with E-state index in [1.807, 2.05) is 179 Å². The largest absolute Gasteiger partial charge is 0.449 e. The Hall–Kier alpha value is -8.24. The van der Waals surface area contributed by atoms with Crippen LogP contribution in [0.3, 0.4) is 0 Å². The van der Waals surface area contributed by atoms with Crippen molar-refractivity contribution in [1.82, 2.24) is 98.9 Å². The van der Waals surface area contributed by atoms with E-state index >= 15 is 0 Å². The molecular formula is C48H74N20O3. The Morgan fingerprint density at radius 1 is 0.380 bits per heavy atom. The van der Waals surface area contributed by atoms with Crippen LogP contribution in [-0.2, 0) is 42.3 Å². The van der Waals surface area contributed by atoms with Crippen LogP contribution < -0.4 is 0 Å². The van der Waals surface area contributed by atoms with E-state index < -0.39 is 0 Å². The SMILES string of the molecule is Cc1cccc(C)n1.Cc1ccn(C)n1.Cc1ccn(C)n1.Cc1cnn(C)c1.Cc1cnn(C)c1.Cc1coc(C)n1.Cc1ncn(C)n1.Cc1ncn(C)n1.Cc1noc(C)n1.Cc1noc(C)n1. The van der Waals surface area contributed by atoms with Gasteiger partial charge in [-0.3, -0.25) is 33.1 Å². The smallest absolute Gasteiger partial charge is 0.223 e. The van der Waals surface area contributed by atoms with Crippen molar-refractivity contribution in [1.29, 1.82) is 0 Å². The van der Waals surface area contributed by atoms with Gasteiger partial charge in [-0.05, 0) is 112 Å². The molecule has 0 aromatic carbocycles. The predicted molar refractivity (Wildman–Crippen MR) is 270 cm³/mol. The van der Waals surface area contributed by atoms with Crippen molar-refractivity contribution < 1.29 is 13.5 Å². The van der Waals surface area contributed by atoms with E-state index in [0.29, 0.717) is 23.4 Å². The number of oxazole rings is 1. The van der Waals surface area contributed by atoms with Gasteiger partial charge in [0.1, 0.15) is 30.6 Å². The van der Waals surface area contributed by atoms with Crippen LogP contribution in [0.1, 0.15) is 80.6 Å². The second-order valence-electron chi connectivity index (χ2n) is 15.7. The highest BCUT2D eigenvalue weighted by Gasteiger charge is 1.92. The summed E-state index contributed by atoms with van der Waals surface area (Å²) < 4.78 is 24.6. The van der Waals surface area contributed by atoms with E-state index in [0.717, 1.165) is 46.0 Å². The molecule has 384 valence electrons. The first-order chi connectivity index (χ1) is 33.4. The molecule has 10 aromatic heterocycles. The second kappa shape index (κ2) is 33.3. The van der Waals surface area contributed by atoms with Crippen molar-refractivity contribution in [3.8, 4) is 0 Å². The van der Waals surface area contributed by atoms with E-state index in [4.69, 9.17) is 4.42 Å². The Balaban J connectivity index is 0.000000395. The van der Waals surface area contributed by atoms with Gasteiger partial charge in [0.05, 0.1) is 29.5 Å². The molecule has 0 spiro atoms. The molecule has 0 atom stereocenters. The summed E-state index contributed by atoms with van der Waals surface area (Å²) in [5.74, 6) is 5.01. The monoisotopic (exact) mass is 979 g/mol. The van der Waals surface area contributed by atoms with Gasteiger partial charge in [-0.15, -0.1) is 0 Å². The number of rotatable bonds is 0. The summed E-state index contributed by atoms with van der Waals surface area (Å²) in [6.07, 6.45) is 16.4. The fraction of sp³-hybridized carbons (Fsp3) is 0.417. The summed E-state index contributed by atoms with van der Waals surface area (Å²) in [5.41, 5.74) is 7.68. The fourth-order valence-corrected chi connectivity index (χ4v) is 5.00. The first-order valence-corrected chi connectivity index (χ1v) is 22.2. The highest BCUT2D eigenvalue weighted by molar-refractivity contribution is 5.07. The molecule has 0 saturated carbocycles. The molecule has 71 heavy (non-hydrogen) atoms. The van der Waals surface area contributed by atoms with Crippen LogP contribution in [0.25, 0.3) is 0 Å². The van der Waals surface area contributed by atoms with E-state index in [1.54, 1.807) is 74.7 Å². The van der Waals surface area contributed by atoms with Crippen LogP contribution in [0.5, 0.6) is 0 Å². The minimum absolute atomic E-state index is 0.623. The summed E-state index contributed by atoms with van der Waals surface area (Å²) in [7, 11) is 11.3. The van der Waals surface area contributed by atoms with Gasteiger partial charge in [-0.2, -0.15) is 40.6 Å². The number of nitrogens with zero attached hydrogens (tertiary/aromatic N) is 20. The van der Waals surface area contributed by atoms with Crippen molar-refractivity contribution in [2.24, 2.45) is 42.3 Å². The number of hydrogen-bond donors (Lipinski definition) is 0. The molecule has 10 aromatic rings. The lowest BCUT2D eigenvalue weighted by molar-refractivity contribution is 0.389. The molecule has 23 nitrogen and oxygen atoms in total. The van der Waals surface area contributed by atoms with Crippen LogP contribution in [0.2, 0.25) is 0 Å². The topological polar surface area (TPSA) is 249 Å². The Kier molecular flexibility index (Phi) is 28.5. The third-order valence-electron chi connectivity index (χ3n) is 7.81. The molecule has 0 fully saturated rings. The highest BCUT2D eigenvalue weighted by Crippen LogP contribution is 1.96. The molecular weight excluding hydrogens is 905 g/mol. The lowest BCUT2D eigenvalue weighted by Crippen LogP contribution is -1.86. The Morgan fingerprint density at radius 3 is 0.887 bits per heavy atom. The molecule has 0 bridgehead atoms. The Bertz CT molecular complexity index is 2170. The summed E-state index contributed by atoms with van der Waals surface area (Å²) in [6.45, 7) is 26.5. The summed E-state index contributed by atoms with van der Waals surface area (Å²) in [4.78, 5) is 23.5. The Labute approximate surface area is 417 Å². The van der Waals surface area contributed by atoms with E-state index in [1.165, 1.54) is 11.1 Å². The van der Waals surface area contributed by atoms with Gasteiger partial charge in [0.15, 0.2) is 17.5 Å². The third kappa shape index (κ3) is 32.2. The zero-order chi connectivity index (χ0) is 53.5. The van der Waals surface area contributed by atoms with Gasteiger partial charge in [0.2, 0.25) is 11.8 Å². The molecule has 10 rings (SSSR count). The molecule has 10 heterocycles. The summed E-state index contributed by atoms with van der Waals surface area (Å²) >= 11 is 0. The zero-order valence-electron chi connectivity index (χ0n) is 45.3. The standard InChI is InChI=1S/C7H9N.4C5H8N2.C5H7NO.2C4H7N3.2C4H6N2O/c1-6-4-3-5-7(2)8-6;2*1-5-3-6-7(2)4-5;2*1-5-3-4-7(2)6-5;1-4-3-7-5(2)6-4;2*1-4-5-3-7(2)6-4;2*1-3-5-4(2)7-6-3/h3-5H,1-2H3;4*3-4H,1-2H3;3*3H,1-2H3;2*1-2H3. The molecule has 0 aliphatic carbocycles. The normalized spacial score (nSPS) is 9.41. The highest BCUT2D eigenvalue weighted by atomic mass is 16.5. The van der Waals surface area contributed by atoms with Gasteiger partial charge >= 0.3 is 0 Å². The number of hydrogen-bond acceptors (Lipinski definition) is 17. The molecule has 0 N–H and O–H groups in total. The lowest BCUT2D eigenvalue weighted by atomic mass is 10.3. The van der Waals surface area contributed by atoms with E-state index in [9.17, 15) is 0 Å². The second-order valence-corrected chi connectivity index (χ2v) is 15.7. The van der Waals surface area contributed by atoms with Gasteiger partial charge in [-0.1, -0.05) is 16.4 Å². The Morgan fingerprint density at radius 2 is 0.789 bits per heavy atom. The molecule has 0 unspecified atom stereocenters. The number of aryl methyl sites for hydroxylation is 20. The first kappa shape index (κ1) is 60.8. The van der Waals surface area contributed by atoms with Crippen LogP contribution in [-0.4, -0.2) is 98.9 Å². The maximum absolute atomic E-state index is 4.85. The van der Waals surface area contributed by atoms with Gasteiger partial charge < -0.3 is 13.5 Å². The lowest BCUT2D eigenvalue weighted by Gasteiger charge is -1.90. The predicted octanol–water partition coefficient (Wildman–Crippen LogP) is 7.52. The van der Waals surface area contributed by atoms with Crippen LogP contribution in [0.4, 0.5) is 0 Å². The van der Waals surface area contributed by atoms with Crippen molar-refractivity contribution in [3.05, 3.63) is 167 Å². The van der Waals surface area contributed by atoms with Gasteiger partial charge in [-0.25, -0.2) is 15.0 Å². The number of aromatic nitrogens is 20. The van der Waals surface area contributed by atoms with Crippen molar-refractivity contribution >= 4 is 0 Å². The maximum atomic E-state index is 4.85. The fourth-order valence-electron chi connectivity index (χ4n) is 5.00. The van der Waals surface area contributed by atoms with Crippen molar-refractivity contribution in [3.63, 3.8) is 0 Å². The first-order valence-electron chi connectivity index (χ1n) is 22.2. The van der Waals surface area contributed by atoms with Crippen LogP contribution in [0, 0.1) is 96.9 Å². The van der Waals surface area contributed by atoms with E-state index in [2.05, 4.69) is 79.9 Å². The van der Waals surface area contributed by atoms with Crippen LogP contribution in [0.15, 0.2) is 99.9 Å². The van der Waals surface area contributed by atoms with Crippen molar-refractivity contribution in [2.75, 3.05) is 0 Å². The van der Waals surface area contributed by atoms with Gasteiger partial charge in [0.25, 0.3) is 0 Å². The minimum Gasteiger partial charge on any atom is -0.449 e. The minimum atomic E-state index is 0.623. The summed E-state index contributed by atoms with van der Waals surface area (Å²) in [5, 5.41) is 30.8. The van der Waals surface area contributed by atoms with Crippen molar-refractivity contribution in [2.45, 2.75) is 96.9 Å². The third-order valence-corrected chi connectivity index (χ3v) is 7.81. The molecule has 0 saturated heterocycles. The van der Waals surface area contributed by atoms with E-state index in [-0.39, 0.29) is 0 Å². The molecule has 23 heteroatoms. The quantitative estimate of drug-likeness (QED) is 0.142. The average Bonchev–Trinajstić information content (AvgIpc) is 4.18. The number of pyridine rings is 1. The van der Waals surface area contributed by atoms with Gasteiger partial charge in [0, 0.05) is 99.2 Å². The zero-order valence-corrected chi connectivity index (χ0v) is 45.3. The maximum Gasteiger partial charge on any atom is 0.223 e. The summed E-state index contributed by atoms with van der Waals surface area (Å²) in [6, 6.07) is 9.94. The molecule has 0 radical (unpaired) electrons. The molecule has 0 amide bonds. The van der Waals surface area contributed by atoms with Crippen LogP contribution >= 0.6 is 0 Å². The average molecular weight is 979 g/mol. The molecule has 0 aliphatic heterocycles.